The number of rotatable bonds is 3. The van der Waals surface area contributed by atoms with Gasteiger partial charge in [-0.1, -0.05) is 12.1 Å². The average Bonchev–Trinajstić information content (AvgIpc) is 2.46. The van der Waals surface area contributed by atoms with Crippen LogP contribution in [0.5, 0.6) is 0 Å². The quantitative estimate of drug-likeness (QED) is 0.789. The normalized spacial score (nSPS) is 13.8. The van der Waals surface area contributed by atoms with Crippen LogP contribution in [-0.2, 0) is 9.84 Å². The van der Waals surface area contributed by atoms with Gasteiger partial charge in [-0.15, -0.1) is 0 Å². The van der Waals surface area contributed by atoms with Crippen molar-refractivity contribution in [2.45, 2.75) is 16.6 Å². The van der Waals surface area contributed by atoms with Crippen LogP contribution < -0.4 is 0 Å². The van der Waals surface area contributed by atoms with Crippen molar-refractivity contribution in [3.8, 4) is 0 Å². The van der Waals surface area contributed by atoms with E-state index < -0.39 is 49.2 Å². The lowest BCUT2D eigenvalue weighted by Gasteiger charge is -2.12. The molecule has 2 aromatic rings. The van der Waals surface area contributed by atoms with Crippen molar-refractivity contribution in [2.75, 3.05) is 0 Å². The highest BCUT2D eigenvalue weighted by molar-refractivity contribution is 7.92. The minimum Gasteiger partial charge on any atom is -0.259 e. The Morgan fingerprint density at radius 2 is 1.43 bits per heavy atom. The summed E-state index contributed by atoms with van der Waals surface area (Å²) >= 11 is 0. The molecule has 1 atom stereocenters. The third kappa shape index (κ3) is 3.16. The third-order valence-corrected chi connectivity index (χ3v) is 4.43. The molecule has 0 aliphatic rings. The summed E-state index contributed by atoms with van der Waals surface area (Å²) in [6, 6.07) is 2.45. The second-order valence-corrected chi connectivity index (χ2v) is 6.34. The molecule has 0 amide bonds. The van der Waals surface area contributed by atoms with Crippen LogP contribution in [0, 0.1) is 11.6 Å². The molecule has 2 rings (SSSR count). The summed E-state index contributed by atoms with van der Waals surface area (Å²) < 4.78 is 100. The topological polar surface area (TPSA) is 47.0 Å². The van der Waals surface area contributed by atoms with Crippen LogP contribution in [0.2, 0.25) is 0 Å². The summed E-state index contributed by atoms with van der Waals surface area (Å²) in [6.07, 6.45) is -1.18. The molecule has 124 valence electrons. The maximum atomic E-state index is 14.2. The van der Waals surface area contributed by atoms with E-state index in [0.717, 1.165) is 0 Å². The molecule has 0 aliphatic carbocycles. The summed E-state index contributed by atoms with van der Waals surface area (Å²) in [6.45, 7) is 0. The Bertz CT molecular complexity index is 797. The Labute approximate surface area is 126 Å². The molecule has 1 aromatic carbocycles. The van der Waals surface area contributed by atoms with Gasteiger partial charge in [-0.05, 0) is 17.7 Å². The molecule has 0 spiro atoms. The molecule has 0 fully saturated rings. The first-order valence-electron chi connectivity index (χ1n) is 5.90. The standard InChI is InChI=1S/C13H7F6NO2S/c14-9-5-20-6-10(15)11(9)12(16)7-1-3-8(4-2-7)23(21,22)13(17,18)19/h1-6,12H. The number of halogens is 6. The molecule has 0 aliphatic heterocycles. The van der Waals surface area contributed by atoms with Crippen molar-refractivity contribution in [3.05, 3.63) is 59.4 Å². The van der Waals surface area contributed by atoms with E-state index >= 15 is 0 Å². The molecule has 1 heterocycles. The van der Waals surface area contributed by atoms with E-state index in [1.807, 2.05) is 0 Å². The van der Waals surface area contributed by atoms with Crippen molar-refractivity contribution >= 4 is 9.84 Å². The first-order valence-corrected chi connectivity index (χ1v) is 7.38. The van der Waals surface area contributed by atoms with E-state index in [-0.39, 0.29) is 0 Å². The van der Waals surface area contributed by atoms with Gasteiger partial charge in [0.15, 0.2) is 17.8 Å². The smallest absolute Gasteiger partial charge is 0.259 e. The second-order valence-electron chi connectivity index (χ2n) is 4.40. The van der Waals surface area contributed by atoms with Crippen molar-refractivity contribution in [2.24, 2.45) is 0 Å². The van der Waals surface area contributed by atoms with Crippen molar-refractivity contribution < 1.29 is 34.8 Å². The number of sulfone groups is 1. The fraction of sp³-hybridized carbons (Fsp3) is 0.154. The first kappa shape index (κ1) is 17.3. The number of nitrogens with zero attached hydrogens (tertiary/aromatic N) is 1. The van der Waals surface area contributed by atoms with E-state index in [9.17, 15) is 34.8 Å². The molecule has 1 unspecified atom stereocenters. The Morgan fingerprint density at radius 1 is 0.957 bits per heavy atom. The summed E-state index contributed by atoms with van der Waals surface area (Å²) in [7, 11) is -5.58. The highest BCUT2D eigenvalue weighted by Gasteiger charge is 2.46. The monoisotopic (exact) mass is 355 g/mol. The molecule has 0 N–H and O–H groups in total. The average molecular weight is 355 g/mol. The Hall–Kier alpha value is -2.10. The lowest BCUT2D eigenvalue weighted by molar-refractivity contribution is -0.0436. The van der Waals surface area contributed by atoms with Crippen LogP contribution in [-0.4, -0.2) is 18.9 Å². The molecule has 1 aromatic heterocycles. The summed E-state index contributed by atoms with van der Waals surface area (Å²) in [5.41, 5.74) is -6.88. The van der Waals surface area contributed by atoms with Crippen molar-refractivity contribution in [1.82, 2.24) is 4.98 Å². The Morgan fingerprint density at radius 3 is 1.87 bits per heavy atom. The SMILES string of the molecule is O=S(=O)(c1ccc(C(F)c2c(F)cncc2F)cc1)C(F)(F)F. The summed E-state index contributed by atoms with van der Waals surface area (Å²) in [5.74, 6) is -2.55. The van der Waals surface area contributed by atoms with Gasteiger partial charge < -0.3 is 0 Å². The van der Waals surface area contributed by atoms with Gasteiger partial charge in [0.05, 0.1) is 22.9 Å². The zero-order valence-corrected chi connectivity index (χ0v) is 11.8. The van der Waals surface area contributed by atoms with E-state index in [1.54, 1.807) is 0 Å². The second kappa shape index (κ2) is 5.84. The van der Waals surface area contributed by atoms with Crippen LogP contribution in [0.4, 0.5) is 26.3 Å². The molecule has 0 saturated carbocycles. The number of pyridine rings is 1. The number of benzene rings is 1. The van der Waals surface area contributed by atoms with Crippen molar-refractivity contribution in [1.29, 1.82) is 0 Å². The number of alkyl halides is 4. The zero-order valence-electron chi connectivity index (χ0n) is 11.0. The number of hydrogen-bond acceptors (Lipinski definition) is 3. The summed E-state index contributed by atoms with van der Waals surface area (Å²) in [4.78, 5) is 2.07. The first-order chi connectivity index (χ1) is 10.6. The Kier molecular flexibility index (Phi) is 4.38. The van der Waals surface area contributed by atoms with Gasteiger partial charge >= 0.3 is 5.51 Å². The van der Waals surface area contributed by atoms with Crippen LogP contribution in [0.3, 0.4) is 0 Å². The van der Waals surface area contributed by atoms with Gasteiger partial charge in [0.2, 0.25) is 0 Å². The van der Waals surface area contributed by atoms with Gasteiger partial charge in [0.1, 0.15) is 0 Å². The zero-order chi connectivity index (χ0) is 17.4. The maximum absolute atomic E-state index is 14.2. The lowest BCUT2D eigenvalue weighted by Crippen LogP contribution is -2.23. The predicted octanol–water partition coefficient (Wildman–Crippen LogP) is 3.71. The van der Waals surface area contributed by atoms with Crippen molar-refractivity contribution in [3.63, 3.8) is 0 Å². The molecule has 0 saturated heterocycles. The van der Waals surface area contributed by atoms with Crippen LogP contribution in [0.1, 0.15) is 17.3 Å². The van der Waals surface area contributed by atoms with Gasteiger partial charge in [-0.2, -0.15) is 13.2 Å². The van der Waals surface area contributed by atoms with E-state index in [2.05, 4.69) is 4.98 Å². The minimum absolute atomic E-state index is 0.407. The largest absolute Gasteiger partial charge is 0.501 e. The number of hydrogen-bond donors (Lipinski definition) is 0. The molecular weight excluding hydrogens is 348 g/mol. The Balaban J connectivity index is 2.41. The maximum Gasteiger partial charge on any atom is 0.501 e. The van der Waals surface area contributed by atoms with Crippen LogP contribution in [0.15, 0.2) is 41.6 Å². The van der Waals surface area contributed by atoms with E-state index in [1.165, 1.54) is 0 Å². The van der Waals surface area contributed by atoms with Crippen LogP contribution >= 0.6 is 0 Å². The number of aromatic nitrogens is 1. The highest BCUT2D eigenvalue weighted by atomic mass is 32.2. The fourth-order valence-electron chi connectivity index (χ4n) is 1.78. The van der Waals surface area contributed by atoms with Gasteiger partial charge in [-0.25, -0.2) is 21.6 Å². The lowest BCUT2D eigenvalue weighted by atomic mass is 10.0. The molecule has 0 radical (unpaired) electrons. The fourth-order valence-corrected chi connectivity index (χ4v) is 2.54. The minimum atomic E-state index is -5.58. The van der Waals surface area contributed by atoms with E-state index in [0.29, 0.717) is 36.7 Å². The van der Waals surface area contributed by atoms with Gasteiger partial charge in [0, 0.05) is 0 Å². The third-order valence-electron chi connectivity index (χ3n) is 2.93. The molecular formula is C13H7F6NO2S. The van der Waals surface area contributed by atoms with Gasteiger partial charge in [-0.3, -0.25) is 4.98 Å². The highest BCUT2D eigenvalue weighted by Crippen LogP contribution is 2.33. The summed E-state index contributed by atoms with van der Waals surface area (Å²) in [5, 5.41) is 0. The van der Waals surface area contributed by atoms with Crippen LogP contribution in [0.25, 0.3) is 0 Å². The molecule has 3 nitrogen and oxygen atoms in total. The molecule has 10 heteroatoms. The predicted molar refractivity (Wildman–Crippen MR) is 66.8 cm³/mol. The van der Waals surface area contributed by atoms with E-state index in [4.69, 9.17) is 0 Å². The van der Waals surface area contributed by atoms with Gasteiger partial charge in [0.25, 0.3) is 9.84 Å². The molecule has 0 bridgehead atoms. The molecule has 23 heavy (non-hydrogen) atoms.